The van der Waals surface area contributed by atoms with Crippen molar-refractivity contribution >= 4 is 11.3 Å². The number of nitrogens with zero attached hydrogens (tertiary/aromatic N) is 1. The molecule has 2 fully saturated rings. The van der Waals surface area contributed by atoms with Gasteiger partial charge in [-0.25, -0.2) is 4.98 Å². The SMILES string of the molecule is OC(c1cnc(C(F)(F)F)s1)(C1CC1)C1CC1. The minimum Gasteiger partial charge on any atom is -0.384 e. The highest BCUT2D eigenvalue weighted by Gasteiger charge is 2.55. The number of hydrogen-bond donors (Lipinski definition) is 1. The third kappa shape index (κ3) is 1.87. The van der Waals surface area contributed by atoms with Crippen molar-refractivity contribution in [2.75, 3.05) is 0 Å². The number of alkyl halides is 3. The molecule has 0 unspecified atom stereocenters. The van der Waals surface area contributed by atoms with E-state index in [1.54, 1.807) is 0 Å². The third-order valence-electron chi connectivity index (χ3n) is 3.54. The van der Waals surface area contributed by atoms with Crippen molar-refractivity contribution in [1.82, 2.24) is 4.98 Å². The Morgan fingerprint density at radius 1 is 1.18 bits per heavy atom. The van der Waals surface area contributed by atoms with Crippen LogP contribution in [-0.2, 0) is 11.8 Å². The van der Waals surface area contributed by atoms with E-state index in [2.05, 4.69) is 4.98 Å². The minimum absolute atomic E-state index is 0.136. The molecule has 0 aromatic carbocycles. The Morgan fingerprint density at radius 3 is 2.06 bits per heavy atom. The first-order valence-electron chi connectivity index (χ1n) is 5.68. The molecule has 0 radical (unpaired) electrons. The van der Waals surface area contributed by atoms with Crippen LogP contribution >= 0.6 is 11.3 Å². The van der Waals surface area contributed by atoms with Crippen LogP contribution < -0.4 is 0 Å². The number of halogens is 3. The second-order valence-electron chi connectivity index (χ2n) is 4.90. The quantitative estimate of drug-likeness (QED) is 0.908. The standard InChI is InChI=1S/C11H12F3NOS/c12-11(13,14)9-15-5-8(17-9)10(16,6-1-2-6)7-3-4-7/h5-7,16H,1-4H2. The maximum absolute atomic E-state index is 12.5. The molecule has 2 aliphatic carbocycles. The van der Waals surface area contributed by atoms with Gasteiger partial charge in [-0.2, -0.15) is 13.2 Å². The van der Waals surface area contributed by atoms with Crippen molar-refractivity contribution in [3.05, 3.63) is 16.1 Å². The second-order valence-corrected chi connectivity index (χ2v) is 5.93. The van der Waals surface area contributed by atoms with Gasteiger partial charge < -0.3 is 5.11 Å². The first kappa shape index (κ1) is 11.5. The molecule has 1 aromatic heterocycles. The Balaban J connectivity index is 1.94. The lowest BCUT2D eigenvalue weighted by Gasteiger charge is -2.26. The van der Waals surface area contributed by atoms with Crippen molar-refractivity contribution in [2.45, 2.75) is 37.5 Å². The van der Waals surface area contributed by atoms with Crippen LogP contribution in [0, 0.1) is 11.8 Å². The predicted molar refractivity (Wildman–Crippen MR) is 56.5 cm³/mol. The van der Waals surface area contributed by atoms with E-state index >= 15 is 0 Å². The lowest BCUT2D eigenvalue weighted by Crippen LogP contribution is -2.29. The zero-order valence-corrected chi connectivity index (χ0v) is 9.81. The van der Waals surface area contributed by atoms with Crippen LogP contribution in [0.1, 0.15) is 35.6 Å². The van der Waals surface area contributed by atoms with Crippen molar-refractivity contribution in [2.24, 2.45) is 11.8 Å². The fraction of sp³-hybridized carbons (Fsp3) is 0.727. The highest BCUT2D eigenvalue weighted by Crippen LogP contribution is 2.58. The van der Waals surface area contributed by atoms with Crippen LogP contribution in [0.4, 0.5) is 13.2 Å². The molecule has 1 N–H and O–H groups in total. The van der Waals surface area contributed by atoms with E-state index in [0.29, 0.717) is 16.2 Å². The van der Waals surface area contributed by atoms with Gasteiger partial charge in [0.25, 0.3) is 0 Å². The van der Waals surface area contributed by atoms with Crippen LogP contribution in [0.5, 0.6) is 0 Å². The smallest absolute Gasteiger partial charge is 0.384 e. The lowest BCUT2D eigenvalue weighted by atomic mass is 9.90. The van der Waals surface area contributed by atoms with E-state index in [1.165, 1.54) is 6.20 Å². The van der Waals surface area contributed by atoms with Gasteiger partial charge in [0.05, 0.1) is 4.88 Å². The summed E-state index contributed by atoms with van der Waals surface area (Å²) in [5.74, 6) is 0.271. The average Bonchev–Trinajstić information content (AvgIpc) is 3.11. The molecule has 2 aliphatic rings. The van der Waals surface area contributed by atoms with E-state index < -0.39 is 16.8 Å². The van der Waals surface area contributed by atoms with Gasteiger partial charge in [0, 0.05) is 6.20 Å². The number of aromatic nitrogens is 1. The monoisotopic (exact) mass is 263 g/mol. The molecule has 0 amide bonds. The topological polar surface area (TPSA) is 33.1 Å². The first-order valence-corrected chi connectivity index (χ1v) is 6.50. The summed E-state index contributed by atoms with van der Waals surface area (Å²) in [6.07, 6.45) is 0.443. The molecule has 94 valence electrons. The highest BCUT2D eigenvalue weighted by atomic mass is 32.1. The summed E-state index contributed by atoms with van der Waals surface area (Å²) in [6.45, 7) is 0. The van der Waals surface area contributed by atoms with Gasteiger partial charge in [-0.15, -0.1) is 11.3 Å². The molecule has 0 spiro atoms. The van der Waals surface area contributed by atoms with E-state index in [1.807, 2.05) is 0 Å². The largest absolute Gasteiger partial charge is 0.443 e. The minimum atomic E-state index is -4.41. The summed E-state index contributed by atoms with van der Waals surface area (Å²) in [5, 5.41) is 9.79. The average molecular weight is 263 g/mol. The van der Waals surface area contributed by atoms with Gasteiger partial charge in [0.15, 0.2) is 5.01 Å². The van der Waals surface area contributed by atoms with Gasteiger partial charge in [-0.05, 0) is 37.5 Å². The number of hydrogen-bond acceptors (Lipinski definition) is 3. The molecule has 1 aromatic rings. The lowest BCUT2D eigenvalue weighted by molar-refractivity contribution is -0.137. The molecule has 2 nitrogen and oxygen atoms in total. The fourth-order valence-electron chi connectivity index (χ4n) is 2.37. The van der Waals surface area contributed by atoms with Crippen LogP contribution in [0.25, 0.3) is 0 Å². The van der Waals surface area contributed by atoms with Gasteiger partial charge in [0.2, 0.25) is 0 Å². The van der Waals surface area contributed by atoms with Crippen LogP contribution in [0.15, 0.2) is 6.20 Å². The van der Waals surface area contributed by atoms with Gasteiger partial charge in [-0.1, -0.05) is 0 Å². The molecular weight excluding hydrogens is 251 g/mol. The van der Waals surface area contributed by atoms with Crippen molar-refractivity contribution in [3.63, 3.8) is 0 Å². The Hall–Kier alpha value is -0.620. The Bertz CT molecular complexity index is 422. The Morgan fingerprint density at radius 2 is 1.71 bits per heavy atom. The van der Waals surface area contributed by atoms with Crippen molar-refractivity contribution < 1.29 is 18.3 Å². The zero-order valence-electron chi connectivity index (χ0n) is 9.00. The fourth-order valence-corrected chi connectivity index (χ4v) is 3.40. The van der Waals surface area contributed by atoms with E-state index in [4.69, 9.17) is 0 Å². The van der Waals surface area contributed by atoms with Crippen molar-refractivity contribution in [3.8, 4) is 0 Å². The molecule has 2 saturated carbocycles. The van der Waals surface area contributed by atoms with Crippen molar-refractivity contribution in [1.29, 1.82) is 0 Å². The molecule has 0 atom stereocenters. The molecule has 0 saturated heterocycles. The van der Waals surface area contributed by atoms with Gasteiger partial charge in [0.1, 0.15) is 5.60 Å². The van der Waals surface area contributed by atoms with Crippen LogP contribution in [0.3, 0.4) is 0 Å². The highest BCUT2D eigenvalue weighted by molar-refractivity contribution is 7.11. The number of aliphatic hydroxyl groups is 1. The molecule has 1 heterocycles. The zero-order chi connectivity index (χ0) is 12.3. The molecule has 0 bridgehead atoms. The Labute approximate surface area is 100 Å². The molecule has 6 heteroatoms. The maximum atomic E-state index is 12.5. The molecular formula is C11H12F3NOS. The number of rotatable bonds is 3. The summed E-state index contributed by atoms with van der Waals surface area (Å²) >= 11 is 0.597. The third-order valence-corrected chi connectivity index (χ3v) is 4.72. The van der Waals surface area contributed by atoms with E-state index in [0.717, 1.165) is 25.7 Å². The predicted octanol–water partition coefficient (Wildman–Crippen LogP) is 3.17. The van der Waals surface area contributed by atoms with E-state index in [9.17, 15) is 18.3 Å². The van der Waals surface area contributed by atoms with Gasteiger partial charge in [-0.3, -0.25) is 0 Å². The molecule has 0 aliphatic heterocycles. The summed E-state index contributed by atoms with van der Waals surface area (Å²) < 4.78 is 37.5. The Kier molecular flexibility index (Phi) is 2.32. The summed E-state index contributed by atoms with van der Waals surface area (Å²) in [7, 11) is 0. The number of thiazole rings is 1. The van der Waals surface area contributed by atoms with Crippen LogP contribution in [-0.4, -0.2) is 10.1 Å². The molecule has 17 heavy (non-hydrogen) atoms. The molecule has 3 rings (SSSR count). The second kappa shape index (κ2) is 3.45. The summed E-state index contributed by atoms with van der Waals surface area (Å²) in [4.78, 5) is 3.81. The summed E-state index contributed by atoms with van der Waals surface area (Å²) in [5.41, 5.74) is -1.04. The maximum Gasteiger partial charge on any atom is 0.443 e. The van der Waals surface area contributed by atoms with Crippen LogP contribution in [0.2, 0.25) is 0 Å². The first-order chi connectivity index (χ1) is 7.92. The van der Waals surface area contributed by atoms with Gasteiger partial charge >= 0.3 is 6.18 Å². The normalized spacial score (nSPS) is 21.9. The summed E-state index contributed by atoms with van der Waals surface area (Å²) in [6, 6.07) is 0. The van der Waals surface area contributed by atoms with E-state index in [-0.39, 0.29) is 11.8 Å².